The van der Waals surface area contributed by atoms with Gasteiger partial charge in [-0.25, -0.2) is 13.1 Å². The molecular weight excluding hydrogens is 502 g/mol. The molecule has 1 saturated carbocycles. The zero-order chi connectivity index (χ0) is 27.0. The molecule has 4 rings (SSSR count). The van der Waals surface area contributed by atoms with Gasteiger partial charge in [0.1, 0.15) is 6.04 Å². The zero-order valence-electron chi connectivity index (χ0n) is 22.0. The molecule has 8 nitrogen and oxygen atoms in total. The molecule has 206 valence electrons. The number of carbonyl (C=O) groups excluding carboxylic acids is 2. The van der Waals surface area contributed by atoms with Crippen LogP contribution >= 0.6 is 0 Å². The van der Waals surface area contributed by atoms with Crippen LogP contribution < -0.4 is 15.4 Å². The van der Waals surface area contributed by atoms with Crippen molar-refractivity contribution in [3.05, 3.63) is 71.3 Å². The molecular formula is C29H39N3O5S. The third kappa shape index (κ3) is 8.12. The molecule has 0 aromatic heterocycles. The summed E-state index contributed by atoms with van der Waals surface area (Å²) in [7, 11) is -2.45. The summed E-state index contributed by atoms with van der Waals surface area (Å²) in [5.41, 5.74) is 2.62. The molecule has 0 spiro atoms. The monoisotopic (exact) mass is 541 g/mol. The summed E-state index contributed by atoms with van der Waals surface area (Å²) < 4.78 is 32.9. The summed E-state index contributed by atoms with van der Waals surface area (Å²) >= 11 is 0. The molecule has 0 bridgehead atoms. The third-order valence-corrected chi connectivity index (χ3v) is 9.10. The van der Waals surface area contributed by atoms with E-state index >= 15 is 0 Å². The van der Waals surface area contributed by atoms with Gasteiger partial charge in [0.25, 0.3) is 5.91 Å². The fourth-order valence-corrected chi connectivity index (χ4v) is 6.93. The van der Waals surface area contributed by atoms with Crippen molar-refractivity contribution < 1.29 is 22.7 Å². The molecule has 1 atom stereocenters. The second-order valence-corrected chi connectivity index (χ2v) is 12.3. The maximum Gasteiger partial charge on any atom is 0.323 e. The van der Waals surface area contributed by atoms with Gasteiger partial charge in [0.2, 0.25) is 10.0 Å². The first-order valence-corrected chi connectivity index (χ1v) is 15.2. The Morgan fingerprint density at radius 3 is 2.24 bits per heavy atom. The van der Waals surface area contributed by atoms with E-state index in [0.717, 1.165) is 51.6 Å². The van der Waals surface area contributed by atoms with E-state index < -0.39 is 22.0 Å². The van der Waals surface area contributed by atoms with Crippen molar-refractivity contribution in [1.29, 1.82) is 0 Å². The highest BCUT2D eigenvalue weighted by Crippen LogP contribution is 2.29. The number of methoxy groups -OCH3 is 1. The van der Waals surface area contributed by atoms with Crippen LogP contribution in [0.5, 0.6) is 0 Å². The number of rotatable bonds is 10. The van der Waals surface area contributed by atoms with Crippen molar-refractivity contribution in [2.45, 2.75) is 68.7 Å². The first-order chi connectivity index (χ1) is 18.3. The van der Waals surface area contributed by atoms with Crippen LogP contribution in [0.2, 0.25) is 0 Å². The fraction of sp³-hybridized carbons (Fsp3) is 0.517. The molecule has 0 radical (unpaired) electrons. The van der Waals surface area contributed by atoms with Crippen molar-refractivity contribution in [2.75, 3.05) is 20.2 Å². The predicted octanol–water partition coefficient (Wildman–Crippen LogP) is 3.49. The zero-order valence-corrected chi connectivity index (χ0v) is 22.8. The number of nitrogens with one attached hydrogen (secondary N) is 3. The van der Waals surface area contributed by atoms with Crippen LogP contribution in [-0.4, -0.2) is 52.6 Å². The number of hydrogen-bond acceptors (Lipinski definition) is 6. The SMILES string of the molecule is COC(=O)C(CC1CCC(NC(=O)c2ccc(C3CCNCC3)cc2)CC1)NS(=O)(=O)Cc1ccccc1. The number of carbonyl (C=O) groups is 2. The van der Waals surface area contributed by atoms with Crippen molar-refractivity contribution in [2.24, 2.45) is 5.92 Å². The Morgan fingerprint density at radius 2 is 1.61 bits per heavy atom. The smallest absolute Gasteiger partial charge is 0.323 e. The Bertz CT molecular complexity index is 1160. The lowest BCUT2D eigenvalue weighted by Gasteiger charge is -2.31. The first-order valence-electron chi connectivity index (χ1n) is 13.6. The summed E-state index contributed by atoms with van der Waals surface area (Å²) in [6, 6.07) is 16.0. The highest BCUT2D eigenvalue weighted by molar-refractivity contribution is 7.88. The number of amides is 1. The average molecular weight is 542 g/mol. The molecule has 1 saturated heterocycles. The van der Waals surface area contributed by atoms with Gasteiger partial charge in [-0.05, 0) is 93.1 Å². The van der Waals surface area contributed by atoms with Gasteiger partial charge in [-0.15, -0.1) is 0 Å². The van der Waals surface area contributed by atoms with Crippen LogP contribution in [0.4, 0.5) is 0 Å². The van der Waals surface area contributed by atoms with E-state index in [2.05, 4.69) is 27.5 Å². The Labute approximate surface area is 226 Å². The van der Waals surface area contributed by atoms with Gasteiger partial charge in [-0.3, -0.25) is 9.59 Å². The molecule has 3 N–H and O–H groups in total. The van der Waals surface area contributed by atoms with Crippen molar-refractivity contribution in [1.82, 2.24) is 15.4 Å². The minimum Gasteiger partial charge on any atom is -0.468 e. The van der Waals surface area contributed by atoms with Crippen molar-refractivity contribution >= 4 is 21.9 Å². The van der Waals surface area contributed by atoms with E-state index in [-0.39, 0.29) is 23.6 Å². The molecule has 2 aliphatic rings. The molecule has 1 amide bonds. The number of benzene rings is 2. The minimum absolute atomic E-state index is 0.0635. The van der Waals surface area contributed by atoms with E-state index in [0.29, 0.717) is 23.5 Å². The van der Waals surface area contributed by atoms with Gasteiger partial charge >= 0.3 is 5.97 Å². The molecule has 1 aliphatic heterocycles. The van der Waals surface area contributed by atoms with Gasteiger partial charge in [-0.1, -0.05) is 42.5 Å². The molecule has 2 fully saturated rings. The summed E-state index contributed by atoms with van der Waals surface area (Å²) in [6.07, 6.45) is 5.79. The highest BCUT2D eigenvalue weighted by atomic mass is 32.2. The number of piperidine rings is 1. The van der Waals surface area contributed by atoms with Crippen LogP contribution in [0.1, 0.15) is 72.3 Å². The summed E-state index contributed by atoms with van der Waals surface area (Å²) in [4.78, 5) is 25.2. The average Bonchev–Trinajstić information content (AvgIpc) is 2.94. The van der Waals surface area contributed by atoms with E-state index in [1.165, 1.54) is 12.7 Å². The van der Waals surface area contributed by atoms with E-state index in [1.54, 1.807) is 24.3 Å². The molecule has 2 aromatic rings. The second kappa shape index (κ2) is 13.4. The van der Waals surface area contributed by atoms with Gasteiger partial charge in [0, 0.05) is 11.6 Å². The van der Waals surface area contributed by atoms with Gasteiger partial charge < -0.3 is 15.4 Å². The lowest BCUT2D eigenvalue weighted by atomic mass is 9.82. The summed E-state index contributed by atoms with van der Waals surface area (Å²) in [5.74, 6) is -0.119. The number of hydrogen-bond donors (Lipinski definition) is 3. The van der Waals surface area contributed by atoms with Crippen molar-refractivity contribution in [3.8, 4) is 0 Å². The van der Waals surface area contributed by atoms with Crippen molar-refractivity contribution in [3.63, 3.8) is 0 Å². The van der Waals surface area contributed by atoms with Gasteiger partial charge in [0.05, 0.1) is 12.9 Å². The quantitative estimate of drug-likeness (QED) is 0.397. The maximum atomic E-state index is 12.8. The normalized spacial score (nSPS) is 21.4. The van der Waals surface area contributed by atoms with Crippen LogP contribution in [0.3, 0.4) is 0 Å². The number of esters is 1. The molecule has 9 heteroatoms. The lowest BCUT2D eigenvalue weighted by Crippen LogP contribution is -2.44. The van der Waals surface area contributed by atoms with Crippen LogP contribution in [0, 0.1) is 5.92 Å². The maximum absolute atomic E-state index is 12.8. The molecule has 1 heterocycles. The van der Waals surface area contributed by atoms with E-state index in [1.807, 2.05) is 18.2 Å². The summed E-state index contributed by atoms with van der Waals surface area (Å²) in [6.45, 7) is 2.07. The van der Waals surface area contributed by atoms with Crippen LogP contribution in [-0.2, 0) is 25.3 Å². The van der Waals surface area contributed by atoms with Gasteiger partial charge in [-0.2, -0.15) is 0 Å². The van der Waals surface area contributed by atoms with E-state index in [9.17, 15) is 18.0 Å². The Balaban J connectivity index is 1.26. The Kier molecular flexibility index (Phi) is 9.93. The second-order valence-electron chi connectivity index (χ2n) is 10.5. The number of sulfonamides is 1. The number of ether oxygens (including phenoxy) is 1. The lowest BCUT2D eigenvalue weighted by molar-refractivity contribution is -0.143. The third-order valence-electron chi connectivity index (χ3n) is 7.74. The van der Waals surface area contributed by atoms with Gasteiger partial charge in [0.15, 0.2) is 0 Å². The predicted molar refractivity (Wildman–Crippen MR) is 147 cm³/mol. The van der Waals surface area contributed by atoms with Crippen LogP contribution in [0.25, 0.3) is 0 Å². The van der Waals surface area contributed by atoms with E-state index in [4.69, 9.17) is 4.74 Å². The molecule has 2 aromatic carbocycles. The molecule has 1 aliphatic carbocycles. The molecule has 1 unspecified atom stereocenters. The minimum atomic E-state index is -3.72. The topological polar surface area (TPSA) is 114 Å². The molecule has 38 heavy (non-hydrogen) atoms. The Hall–Kier alpha value is -2.75. The summed E-state index contributed by atoms with van der Waals surface area (Å²) in [5, 5.41) is 6.54. The largest absolute Gasteiger partial charge is 0.468 e. The van der Waals surface area contributed by atoms with Crippen LogP contribution in [0.15, 0.2) is 54.6 Å². The fourth-order valence-electron chi connectivity index (χ4n) is 5.59. The highest BCUT2D eigenvalue weighted by Gasteiger charge is 2.31. The Morgan fingerprint density at radius 1 is 0.947 bits per heavy atom. The first kappa shape index (κ1) is 28.3. The standard InChI is InChI=1S/C29H39N3O5S/c1-37-29(34)27(32-38(35,36)20-22-5-3-2-4-6-22)19-21-7-13-26(14-8-21)31-28(33)25-11-9-23(10-12-25)24-15-17-30-18-16-24/h2-6,9-12,21,24,26-27,30,32H,7-8,13-20H2,1H3,(H,31,33).